The van der Waals surface area contributed by atoms with Gasteiger partial charge < -0.3 is 10.1 Å². The summed E-state index contributed by atoms with van der Waals surface area (Å²) in [5.41, 5.74) is 3.69. The monoisotopic (exact) mass is 329 g/mol. The van der Waals surface area contributed by atoms with Crippen LogP contribution in [0, 0.1) is 13.8 Å². The third kappa shape index (κ3) is 6.37. The molecule has 2 aromatic rings. The summed E-state index contributed by atoms with van der Waals surface area (Å²) in [6, 6.07) is 16.2. The Bertz CT molecular complexity index is 629. The molecule has 0 aromatic heterocycles. The second kappa shape index (κ2) is 9.26. The molecule has 0 bridgehead atoms. The number of aryl methyl sites for hydroxylation is 2. The van der Waals surface area contributed by atoms with Gasteiger partial charge >= 0.3 is 0 Å². The van der Waals surface area contributed by atoms with E-state index in [-0.39, 0.29) is 12.5 Å². The molecule has 0 aliphatic carbocycles. The predicted molar refractivity (Wildman–Crippen MR) is 97.0 cm³/mol. The Morgan fingerprint density at radius 2 is 1.87 bits per heavy atom. The van der Waals surface area contributed by atoms with Crippen LogP contribution in [0.4, 0.5) is 0 Å². The van der Waals surface area contributed by atoms with Crippen LogP contribution in [0.3, 0.4) is 0 Å². The molecular weight excluding hydrogens is 306 g/mol. The Morgan fingerprint density at radius 3 is 2.61 bits per heavy atom. The van der Waals surface area contributed by atoms with Crippen LogP contribution in [0.2, 0.25) is 0 Å². The van der Waals surface area contributed by atoms with Crippen LogP contribution in [0.25, 0.3) is 0 Å². The van der Waals surface area contributed by atoms with Crippen LogP contribution >= 0.6 is 11.8 Å². The molecule has 1 amide bonds. The van der Waals surface area contributed by atoms with E-state index in [4.69, 9.17) is 4.74 Å². The Hall–Kier alpha value is -1.94. The number of carbonyl (C=O) groups excluding carboxylic acids is 1. The van der Waals surface area contributed by atoms with Gasteiger partial charge in [-0.25, -0.2) is 0 Å². The van der Waals surface area contributed by atoms with Crippen molar-refractivity contribution in [2.24, 2.45) is 0 Å². The number of ether oxygens (including phenoxy) is 1. The van der Waals surface area contributed by atoms with Crippen LogP contribution in [-0.2, 0) is 10.5 Å². The number of hydrogen-bond donors (Lipinski definition) is 1. The first-order valence-corrected chi connectivity index (χ1v) is 8.89. The molecule has 0 aliphatic rings. The number of benzene rings is 2. The molecule has 23 heavy (non-hydrogen) atoms. The maximum absolute atomic E-state index is 11.8. The van der Waals surface area contributed by atoms with E-state index >= 15 is 0 Å². The predicted octanol–water partition coefficient (Wildman–Crippen LogP) is 3.73. The van der Waals surface area contributed by atoms with E-state index in [1.807, 2.05) is 55.1 Å². The lowest BCUT2D eigenvalue weighted by Crippen LogP contribution is -2.30. The van der Waals surface area contributed by atoms with Gasteiger partial charge in [-0.3, -0.25) is 4.79 Å². The SMILES string of the molecule is Cc1ccc(OCC(=O)NCCSCc2ccccc2)cc1C. The largest absolute Gasteiger partial charge is 0.484 e. The Kier molecular flexibility index (Phi) is 7.01. The summed E-state index contributed by atoms with van der Waals surface area (Å²) in [7, 11) is 0. The zero-order valence-electron chi connectivity index (χ0n) is 13.7. The number of rotatable bonds is 8. The molecule has 2 rings (SSSR count). The Labute approximate surface area is 142 Å². The van der Waals surface area contributed by atoms with Gasteiger partial charge in [0.25, 0.3) is 5.91 Å². The van der Waals surface area contributed by atoms with Crippen LogP contribution in [0.5, 0.6) is 5.75 Å². The lowest BCUT2D eigenvalue weighted by molar-refractivity contribution is -0.122. The van der Waals surface area contributed by atoms with Crippen molar-refractivity contribution in [2.45, 2.75) is 19.6 Å². The topological polar surface area (TPSA) is 38.3 Å². The molecule has 0 aliphatic heterocycles. The highest BCUT2D eigenvalue weighted by Crippen LogP contribution is 2.16. The quantitative estimate of drug-likeness (QED) is 0.750. The highest BCUT2D eigenvalue weighted by Gasteiger charge is 2.03. The minimum Gasteiger partial charge on any atom is -0.484 e. The number of hydrogen-bond acceptors (Lipinski definition) is 3. The summed E-state index contributed by atoms with van der Waals surface area (Å²) in [4.78, 5) is 11.8. The normalized spacial score (nSPS) is 10.3. The molecule has 0 unspecified atom stereocenters. The van der Waals surface area contributed by atoms with Gasteiger partial charge in [0.2, 0.25) is 0 Å². The highest BCUT2D eigenvalue weighted by atomic mass is 32.2. The van der Waals surface area contributed by atoms with E-state index in [1.165, 1.54) is 16.7 Å². The zero-order chi connectivity index (χ0) is 16.5. The van der Waals surface area contributed by atoms with Crippen molar-refractivity contribution in [3.8, 4) is 5.75 Å². The first-order valence-electron chi connectivity index (χ1n) is 7.73. The van der Waals surface area contributed by atoms with Crippen molar-refractivity contribution in [1.29, 1.82) is 0 Å². The van der Waals surface area contributed by atoms with Crippen molar-refractivity contribution in [3.63, 3.8) is 0 Å². The first kappa shape index (κ1) is 17.4. The van der Waals surface area contributed by atoms with Gasteiger partial charge in [0.05, 0.1) is 0 Å². The molecule has 0 saturated carbocycles. The maximum Gasteiger partial charge on any atom is 0.257 e. The molecule has 0 saturated heterocycles. The molecule has 0 atom stereocenters. The van der Waals surface area contributed by atoms with Gasteiger partial charge in [0.1, 0.15) is 5.75 Å². The van der Waals surface area contributed by atoms with E-state index in [1.54, 1.807) is 0 Å². The summed E-state index contributed by atoms with van der Waals surface area (Å²) in [5.74, 6) is 2.52. The van der Waals surface area contributed by atoms with Crippen molar-refractivity contribution >= 4 is 17.7 Å². The summed E-state index contributed by atoms with van der Waals surface area (Å²) >= 11 is 1.81. The molecule has 0 heterocycles. The Morgan fingerprint density at radius 1 is 1.09 bits per heavy atom. The minimum atomic E-state index is -0.0801. The Balaban J connectivity index is 1.59. The average molecular weight is 329 g/mol. The standard InChI is InChI=1S/C19H23NO2S/c1-15-8-9-18(12-16(15)2)22-13-19(21)20-10-11-23-14-17-6-4-3-5-7-17/h3-9,12H,10-11,13-14H2,1-2H3,(H,20,21). The maximum atomic E-state index is 11.8. The molecule has 0 radical (unpaired) electrons. The van der Waals surface area contributed by atoms with Gasteiger partial charge in [-0.2, -0.15) is 11.8 Å². The van der Waals surface area contributed by atoms with Crippen molar-refractivity contribution < 1.29 is 9.53 Å². The molecule has 2 aromatic carbocycles. The van der Waals surface area contributed by atoms with Gasteiger partial charge in [0, 0.05) is 18.1 Å². The number of thioether (sulfide) groups is 1. The van der Waals surface area contributed by atoms with Crippen molar-refractivity contribution in [1.82, 2.24) is 5.32 Å². The summed E-state index contributed by atoms with van der Waals surface area (Å²) in [6.45, 7) is 4.81. The molecule has 3 nitrogen and oxygen atoms in total. The van der Waals surface area contributed by atoms with Crippen molar-refractivity contribution in [2.75, 3.05) is 18.9 Å². The second-order valence-electron chi connectivity index (χ2n) is 5.42. The average Bonchev–Trinajstić information content (AvgIpc) is 2.56. The van der Waals surface area contributed by atoms with Gasteiger partial charge in [0.15, 0.2) is 6.61 Å². The molecule has 122 valence electrons. The summed E-state index contributed by atoms with van der Waals surface area (Å²) in [6.07, 6.45) is 0. The second-order valence-corrected chi connectivity index (χ2v) is 6.53. The van der Waals surface area contributed by atoms with Crippen molar-refractivity contribution in [3.05, 3.63) is 65.2 Å². The van der Waals surface area contributed by atoms with Crippen LogP contribution < -0.4 is 10.1 Å². The number of carbonyl (C=O) groups is 1. The van der Waals surface area contributed by atoms with Crippen LogP contribution in [0.15, 0.2) is 48.5 Å². The number of nitrogens with one attached hydrogen (secondary N) is 1. The van der Waals surface area contributed by atoms with Gasteiger partial charge in [-0.1, -0.05) is 36.4 Å². The summed E-state index contributed by atoms with van der Waals surface area (Å²) in [5, 5.41) is 2.88. The molecule has 1 N–H and O–H groups in total. The van der Waals surface area contributed by atoms with Crippen LogP contribution in [-0.4, -0.2) is 24.8 Å². The molecule has 4 heteroatoms. The lowest BCUT2D eigenvalue weighted by atomic mass is 10.1. The van der Waals surface area contributed by atoms with E-state index in [0.29, 0.717) is 6.54 Å². The minimum absolute atomic E-state index is 0.0614. The lowest BCUT2D eigenvalue weighted by Gasteiger charge is -2.09. The molecule has 0 fully saturated rings. The van der Waals surface area contributed by atoms with Crippen LogP contribution in [0.1, 0.15) is 16.7 Å². The zero-order valence-corrected chi connectivity index (χ0v) is 14.5. The fourth-order valence-corrected chi connectivity index (χ4v) is 2.85. The fraction of sp³-hybridized carbons (Fsp3) is 0.316. The highest BCUT2D eigenvalue weighted by molar-refractivity contribution is 7.98. The third-order valence-electron chi connectivity index (χ3n) is 3.53. The fourth-order valence-electron chi connectivity index (χ4n) is 2.03. The van der Waals surface area contributed by atoms with E-state index in [0.717, 1.165) is 17.3 Å². The van der Waals surface area contributed by atoms with Gasteiger partial charge in [-0.15, -0.1) is 0 Å². The summed E-state index contributed by atoms with van der Waals surface area (Å²) < 4.78 is 5.51. The first-order chi connectivity index (χ1) is 11.1. The number of amides is 1. The van der Waals surface area contributed by atoms with E-state index in [2.05, 4.69) is 24.4 Å². The molecule has 0 spiro atoms. The van der Waals surface area contributed by atoms with Gasteiger partial charge in [-0.05, 0) is 42.7 Å². The molecular formula is C19H23NO2S. The smallest absolute Gasteiger partial charge is 0.257 e. The van der Waals surface area contributed by atoms with E-state index < -0.39 is 0 Å². The van der Waals surface area contributed by atoms with E-state index in [9.17, 15) is 4.79 Å². The third-order valence-corrected chi connectivity index (χ3v) is 4.56.